The zero-order valence-corrected chi connectivity index (χ0v) is 13.8. The molecular formula is C13H27ClN4O2. The van der Waals surface area contributed by atoms with Gasteiger partial charge in [-0.15, -0.1) is 12.4 Å². The first-order valence-corrected chi connectivity index (χ1v) is 6.76. The fourth-order valence-electron chi connectivity index (χ4n) is 2.31. The molecule has 0 aromatic rings. The van der Waals surface area contributed by atoms with Crippen LogP contribution in [0.25, 0.3) is 0 Å². The van der Waals surface area contributed by atoms with Gasteiger partial charge in [-0.1, -0.05) is 0 Å². The maximum Gasteiger partial charge on any atom is 0.321 e. The Morgan fingerprint density at radius 1 is 1.20 bits per heavy atom. The molecule has 1 aliphatic rings. The van der Waals surface area contributed by atoms with Crippen LogP contribution in [-0.2, 0) is 4.79 Å². The first-order chi connectivity index (χ1) is 8.65. The summed E-state index contributed by atoms with van der Waals surface area (Å²) in [6.07, 6.45) is 0. The molecule has 0 bridgehead atoms. The molecule has 0 aromatic heterocycles. The Hall–Kier alpha value is -0.850. The molecule has 0 aromatic carbocycles. The second-order valence-corrected chi connectivity index (χ2v) is 6.42. The zero-order valence-electron chi connectivity index (χ0n) is 12.9. The third kappa shape index (κ3) is 7.67. The molecule has 2 atom stereocenters. The van der Waals surface area contributed by atoms with Crippen molar-refractivity contribution in [1.29, 1.82) is 0 Å². The van der Waals surface area contributed by atoms with Gasteiger partial charge >= 0.3 is 6.03 Å². The van der Waals surface area contributed by atoms with Crippen LogP contribution in [0.2, 0.25) is 0 Å². The standard InChI is InChI=1S/C13H26N4O2.ClH/c1-9-6-17(7-10(2)14-9)8-11(18)15-12(19)16-13(3,4)5;/h9-10,14H,6-8H2,1-5H3,(H2,15,16,18,19);1H. The summed E-state index contributed by atoms with van der Waals surface area (Å²) < 4.78 is 0. The molecule has 20 heavy (non-hydrogen) atoms. The summed E-state index contributed by atoms with van der Waals surface area (Å²) in [5.41, 5.74) is -0.345. The van der Waals surface area contributed by atoms with Gasteiger partial charge in [0.1, 0.15) is 0 Å². The van der Waals surface area contributed by atoms with Gasteiger partial charge in [0.15, 0.2) is 0 Å². The molecule has 1 rings (SSSR count). The Labute approximate surface area is 127 Å². The van der Waals surface area contributed by atoms with Crippen molar-refractivity contribution in [3.8, 4) is 0 Å². The molecule has 1 aliphatic heterocycles. The number of nitrogens with one attached hydrogen (secondary N) is 3. The summed E-state index contributed by atoms with van der Waals surface area (Å²) >= 11 is 0. The normalized spacial score (nSPS) is 23.6. The maximum atomic E-state index is 11.8. The fraction of sp³-hybridized carbons (Fsp3) is 0.846. The number of nitrogens with zero attached hydrogens (tertiary/aromatic N) is 1. The van der Waals surface area contributed by atoms with Gasteiger partial charge in [-0.2, -0.15) is 0 Å². The second kappa shape index (κ2) is 7.81. The molecule has 1 fully saturated rings. The second-order valence-electron chi connectivity index (χ2n) is 6.42. The lowest BCUT2D eigenvalue weighted by molar-refractivity contribution is -0.121. The number of imide groups is 1. The van der Waals surface area contributed by atoms with Gasteiger partial charge in [-0.3, -0.25) is 15.0 Å². The third-order valence-corrected chi connectivity index (χ3v) is 2.74. The highest BCUT2D eigenvalue weighted by atomic mass is 35.5. The summed E-state index contributed by atoms with van der Waals surface area (Å²) in [6.45, 7) is 11.7. The molecular weight excluding hydrogens is 280 g/mol. The largest absolute Gasteiger partial charge is 0.333 e. The third-order valence-electron chi connectivity index (χ3n) is 2.74. The maximum absolute atomic E-state index is 11.8. The summed E-state index contributed by atoms with van der Waals surface area (Å²) in [5, 5.41) is 8.47. The van der Waals surface area contributed by atoms with E-state index in [0.717, 1.165) is 13.1 Å². The number of amides is 3. The number of hydrogen-bond donors (Lipinski definition) is 3. The molecule has 1 saturated heterocycles. The highest BCUT2D eigenvalue weighted by Gasteiger charge is 2.23. The van der Waals surface area contributed by atoms with Crippen LogP contribution in [-0.4, -0.2) is 54.1 Å². The molecule has 0 saturated carbocycles. The monoisotopic (exact) mass is 306 g/mol. The number of carbonyl (C=O) groups is 2. The fourth-order valence-corrected chi connectivity index (χ4v) is 2.31. The van der Waals surface area contributed by atoms with E-state index in [4.69, 9.17) is 0 Å². The molecule has 0 radical (unpaired) electrons. The van der Waals surface area contributed by atoms with Crippen LogP contribution in [0, 0.1) is 0 Å². The van der Waals surface area contributed by atoms with Gasteiger partial charge < -0.3 is 10.6 Å². The van der Waals surface area contributed by atoms with E-state index in [1.54, 1.807) is 0 Å². The van der Waals surface area contributed by atoms with E-state index in [9.17, 15) is 9.59 Å². The molecule has 118 valence electrons. The number of hydrogen-bond acceptors (Lipinski definition) is 4. The minimum atomic E-state index is -0.436. The Morgan fingerprint density at radius 2 is 1.70 bits per heavy atom. The number of halogens is 1. The van der Waals surface area contributed by atoms with Crippen LogP contribution in [0.4, 0.5) is 4.79 Å². The van der Waals surface area contributed by atoms with E-state index in [-0.39, 0.29) is 30.4 Å². The molecule has 7 heteroatoms. The molecule has 0 aliphatic carbocycles. The molecule has 0 spiro atoms. The van der Waals surface area contributed by atoms with Crippen molar-refractivity contribution in [3.05, 3.63) is 0 Å². The first-order valence-electron chi connectivity index (χ1n) is 6.76. The van der Waals surface area contributed by atoms with Gasteiger partial charge in [0.2, 0.25) is 5.91 Å². The van der Waals surface area contributed by atoms with E-state index in [1.807, 2.05) is 20.8 Å². The summed E-state index contributed by atoms with van der Waals surface area (Å²) in [6, 6.07) is 0.286. The minimum Gasteiger partial charge on any atom is -0.333 e. The molecule has 2 unspecified atom stereocenters. The van der Waals surface area contributed by atoms with Crippen molar-refractivity contribution in [2.24, 2.45) is 0 Å². The van der Waals surface area contributed by atoms with Crippen molar-refractivity contribution in [1.82, 2.24) is 20.9 Å². The van der Waals surface area contributed by atoms with E-state index < -0.39 is 6.03 Å². The van der Waals surface area contributed by atoms with Gasteiger partial charge in [0.25, 0.3) is 0 Å². The van der Waals surface area contributed by atoms with Crippen molar-refractivity contribution in [2.75, 3.05) is 19.6 Å². The highest BCUT2D eigenvalue weighted by Crippen LogP contribution is 2.03. The lowest BCUT2D eigenvalue weighted by atomic mass is 10.1. The first kappa shape index (κ1) is 19.1. The van der Waals surface area contributed by atoms with Crippen molar-refractivity contribution >= 4 is 24.3 Å². The smallest absolute Gasteiger partial charge is 0.321 e. The Morgan fingerprint density at radius 3 is 2.15 bits per heavy atom. The number of rotatable bonds is 2. The highest BCUT2D eigenvalue weighted by molar-refractivity contribution is 5.95. The van der Waals surface area contributed by atoms with E-state index >= 15 is 0 Å². The van der Waals surface area contributed by atoms with Crippen LogP contribution in [0.1, 0.15) is 34.6 Å². The average molecular weight is 307 g/mol. The van der Waals surface area contributed by atoms with Crippen molar-refractivity contribution in [3.63, 3.8) is 0 Å². The Bertz CT molecular complexity index is 334. The van der Waals surface area contributed by atoms with Crippen LogP contribution in [0.3, 0.4) is 0 Å². The van der Waals surface area contributed by atoms with Gasteiger partial charge in [0, 0.05) is 30.7 Å². The lowest BCUT2D eigenvalue weighted by Crippen LogP contribution is -2.57. The number of urea groups is 1. The van der Waals surface area contributed by atoms with Crippen LogP contribution in [0.15, 0.2) is 0 Å². The van der Waals surface area contributed by atoms with Crippen LogP contribution >= 0.6 is 12.4 Å². The minimum absolute atomic E-state index is 0. The summed E-state index contributed by atoms with van der Waals surface area (Å²) in [4.78, 5) is 25.4. The Balaban J connectivity index is 0.00000361. The van der Waals surface area contributed by atoms with Crippen molar-refractivity contribution < 1.29 is 9.59 Å². The van der Waals surface area contributed by atoms with E-state index in [0.29, 0.717) is 12.1 Å². The summed E-state index contributed by atoms with van der Waals surface area (Å²) in [7, 11) is 0. The quantitative estimate of drug-likeness (QED) is 0.703. The SMILES string of the molecule is CC1CN(CC(=O)NC(=O)NC(C)(C)C)CC(C)N1.Cl. The zero-order chi connectivity index (χ0) is 14.6. The number of piperazine rings is 1. The number of carbonyl (C=O) groups excluding carboxylic acids is 2. The Kier molecular flexibility index (Phi) is 7.47. The predicted molar refractivity (Wildman–Crippen MR) is 82.2 cm³/mol. The van der Waals surface area contributed by atoms with E-state index in [2.05, 4.69) is 34.7 Å². The lowest BCUT2D eigenvalue weighted by Gasteiger charge is -2.35. The van der Waals surface area contributed by atoms with Gasteiger partial charge in [-0.25, -0.2) is 4.79 Å². The van der Waals surface area contributed by atoms with Crippen molar-refractivity contribution in [2.45, 2.75) is 52.2 Å². The van der Waals surface area contributed by atoms with Crippen LogP contribution < -0.4 is 16.0 Å². The predicted octanol–water partition coefficient (Wildman–Crippen LogP) is 0.715. The molecule has 3 N–H and O–H groups in total. The van der Waals surface area contributed by atoms with E-state index in [1.165, 1.54) is 0 Å². The topological polar surface area (TPSA) is 73.5 Å². The van der Waals surface area contributed by atoms with Gasteiger partial charge in [0.05, 0.1) is 6.54 Å². The average Bonchev–Trinajstić information content (AvgIpc) is 2.10. The summed E-state index contributed by atoms with van der Waals surface area (Å²) in [5.74, 6) is -0.261. The van der Waals surface area contributed by atoms with Crippen LogP contribution in [0.5, 0.6) is 0 Å². The molecule has 3 amide bonds. The van der Waals surface area contributed by atoms with Gasteiger partial charge in [-0.05, 0) is 34.6 Å². The molecule has 6 nitrogen and oxygen atoms in total. The molecule has 1 heterocycles.